The lowest BCUT2D eigenvalue weighted by atomic mass is 10.3. The first-order valence-electron chi connectivity index (χ1n) is 7.17. The molecule has 23 heavy (non-hydrogen) atoms. The van der Waals surface area contributed by atoms with Crippen molar-refractivity contribution in [2.24, 2.45) is 0 Å². The Hall–Kier alpha value is -3.02. The second-order valence-electron chi connectivity index (χ2n) is 4.83. The highest BCUT2D eigenvalue weighted by Gasteiger charge is 2.11. The van der Waals surface area contributed by atoms with Crippen LogP contribution in [0.4, 0.5) is 9.59 Å². The van der Waals surface area contributed by atoms with Crippen molar-refractivity contribution in [3.8, 4) is 11.5 Å². The summed E-state index contributed by atoms with van der Waals surface area (Å²) < 4.78 is 10.2. The van der Waals surface area contributed by atoms with Crippen LogP contribution in [0.5, 0.6) is 11.5 Å². The molecule has 2 aromatic carbocycles. The van der Waals surface area contributed by atoms with Crippen LogP contribution in [-0.4, -0.2) is 24.8 Å². The average molecular weight is 314 g/mol. The standard InChI is InChI=1S/C17H18N2O4/c1-13(19-17(21)23-15-10-6-3-7-11-15)12-18-16(20)22-14-8-4-2-5-9-14/h2-11,13H,12H2,1H3,(H,18,20)(H,19,21). The van der Waals surface area contributed by atoms with Crippen molar-refractivity contribution < 1.29 is 19.1 Å². The van der Waals surface area contributed by atoms with Crippen molar-refractivity contribution in [3.63, 3.8) is 0 Å². The third kappa shape index (κ3) is 6.09. The predicted molar refractivity (Wildman–Crippen MR) is 85.5 cm³/mol. The molecule has 0 spiro atoms. The van der Waals surface area contributed by atoms with Crippen LogP contribution < -0.4 is 20.1 Å². The lowest BCUT2D eigenvalue weighted by molar-refractivity contribution is 0.191. The van der Waals surface area contributed by atoms with Gasteiger partial charge in [0.15, 0.2) is 0 Å². The molecular formula is C17H18N2O4. The van der Waals surface area contributed by atoms with Gasteiger partial charge in [-0.3, -0.25) is 0 Å². The smallest absolute Gasteiger partial charge is 0.410 e. The molecular weight excluding hydrogens is 296 g/mol. The summed E-state index contributed by atoms with van der Waals surface area (Å²) in [6.07, 6.45) is -1.16. The molecule has 0 radical (unpaired) electrons. The van der Waals surface area contributed by atoms with Gasteiger partial charge in [-0.1, -0.05) is 36.4 Å². The van der Waals surface area contributed by atoms with Crippen LogP contribution in [0.15, 0.2) is 60.7 Å². The van der Waals surface area contributed by atoms with E-state index in [1.165, 1.54) is 0 Å². The fourth-order valence-corrected chi connectivity index (χ4v) is 1.75. The number of benzene rings is 2. The fraction of sp³-hybridized carbons (Fsp3) is 0.176. The maximum Gasteiger partial charge on any atom is 0.412 e. The lowest BCUT2D eigenvalue weighted by Crippen LogP contribution is -2.43. The predicted octanol–water partition coefficient (Wildman–Crippen LogP) is 2.95. The van der Waals surface area contributed by atoms with Gasteiger partial charge in [-0.25, -0.2) is 9.59 Å². The quantitative estimate of drug-likeness (QED) is 0.889. The SMILES string of the molecule is CC(CNC(=O)Oc1ccccc1)NC(=O)Oc1ccccc1. The van der Waals surface area contributed by atoms with Crippen LogP contribution in [-0.2, 0) is 0 Å². The number of carbonyl (C=O) groups is 2. The molecule has 2 aromatic rings. The Labute approximate surface area is 134 Å². The van der Waals surface area contributed by atoms with Crippen LogP contribution in [0.25, 0.3) is 0 Å². The molecule has 0 saturated heterocycles. The molecule has 0 aromatic heterocycles. The minimum absolute atomic E-state index is 0.218. The average Bonchev–Trinajstić information content (AvgIpc) is 2.55. The molecule has 0 saturated carbocycles. The van der Waals surface area contributed by atoms with Gasteiger partial charge < -0.3 is 20.1 Å². The van der Waals surface area contributed by atoms with Crippen molar-refractivity contribution in [1.82, 2.24) is 10.6 Å². The van der Waals surface area contributed by atoms with Crippen molar-refractivity contribution in [2.45, 2.75) is 13.0 Å². The van der Waals surface area contributed by atoms with Crippen LogP contribution in [0.1, 0.15) is 6.92 Å². The minimum Gasteiger partial charge on any atom is -0.410 e. The van der Waals surface area contributed by atoms with Gasteiger partial charge in [0.1, 0.15) is 11.5 Å². The molecule has 2 N–H and O–H groups in total. The van der Waals surface area contributed by atoms with Crippen molar-refractivity contribution in [1.29, 1.82) is 0 Å². The Kier molecular flexibility index (Phi) is 5.99. The van der Waals surface area contributed by atoms with Crippen LogP contribution in [0, 0.1) is 0 Å². The number of para-hydroxylation sites is 2. The zero-order chi connectivity index (χ0) is 16.5. The Morgan fingerprint density at radius 2 is 1.35 bits per heavy atom. The van der Waals surface area contributed by atoms with Gasteiger partial charge in [-0.15, -0.1) is 0 Å². The topological polar surface area (TPSA) is 76.7 Å². The molecule has 6 nitrogen and oxygen atoms in total. The molecule has 2 amide bonds. The van der Waals surface area contributed by atoms with E-state index in [2.05, 4.69) is 10.6 Å². The van der Waals surface area contributed by atoms with E-state index in [-0.39, 0.29) is 12.6 Å². The number of hydrogen-bond acceptors (Lipinski definition) is 4. The minimum atomic E-state index is -0.582. The van der Waals surface area contributed by atoms with Gasteiger partial charge in [-0.05, 0) is 31.2 Å². The molecule has 0 bridgehead atoms. The summed E-state index contributed by atoms with van der Waals surface area (Å²) >= 11 is 0. The van der Waals surface area contributed by atoms with E-state index in [0.29, 0.717) is 11.5 Å². The first-order valence-corrected chi connectivity index (χ1v) is 7.17. The van der Waals surface area contributed by atoms with E-state index in [0.717, 1.165) is 0 Å². The molecule has 0 aliphatic heterocycles. The summed E-state index contributed by atoms with van der Waals surface area (Å²) in [5.41, 5.74) is 0. The van der Waals surface area contributed by atoms with Crippen molar-refractivity contribution in [3.05, 3.63) is 60.7 Å². The van der Waals surface area contributed by atoms with Crippen molar-refractivity contribution in [2.75, 3.05) is 6.54 Å². The lowest BCUT2D eigenvalue weighted by Gasteiger charge is -2.14. The van der Waals surface area contributed by atoms with Gasteiger partial charge in [0, 0.05) is 12.6 Å². The summed E-state index contributed by atoms with van der Waals surface area (Å²) in [7, 11) is 0. The molecule has 6 heteroatoms. The molecule has 120 valence electrons. The molecule has 0 heterocycles. The second kappa shape index (κ2) is 8.43. The molecule has 0 aliphatic rings. The molecule has 2 rings (SSSR count). The zero-order valence-electron chi connectivity index (χ0n) is 12.7. The van der Waals surface area contributed by atoms with Crippen LogP contribution in [0.2, 0.25) is 0 Å². The highest BCUT2D eigenvalue weighted by atomic mass is 16.6. The van der Waals surface area contributed by atoms with Gasteiger partial charge in [0.05, 0.1) is 0 Å². The monoisotopic (exact) mass is 314 g/mol. The third-order valence-electron chi connectivity index (χ3n) is 2.82. The van der Waals surface area contributed by atoms with Gasteiger partial charge >= 0.3 is 12.2 Å². The van der Waals surface area contributed by atoms with Crippen molar-refractivity contribution >= 4 is 12.2 Å². The Balaban J connectivity index is 1.69. The fourth-order valence-electron chi connectivity index (χ4n) is 1.75. The van der Waals surface area contributed by atoms with Crippen LogP contribution in [0.3, 0.4) is 0 Å². The Morgan fingerprint density at radius 3 is 1.87 bits per heavy atom. The van der Waals surface area contributed by atoms with E-state index in [9.17, 15) is 9.59 Å². The zero-order valence-corrected chi connectivity index (χ0v) is 12.7. The first-order chi connectivity index (χ1) is 11.1. The van der Waals surface area contributed by atoms with Gasteiger partial charge in [-0.2, -0.15) is 0 Å². The maximum atomic E-state index is 11.7. The van der Waals surface area contributed by atoms with E-state index < -0.39 is 12.2 Å². The highest BCUT2D eigenvalue weighted by molar-refractivity contribution is 5.72. The number of ether oxygens (including phenoxy) is 2. The summed E-state index contributed by atoms with van der Waals surface area (Å²) in [6, 6.07) is 17.1. The number of hydrogen-bond donors (Lipinski definition) is 2. The molecule has 0 aliphatic carbocycles. The normalized spacial score (nSPS) is 11.2. The van der Waals surface area contributed by atoms with E-state index in [1.54, 1.807) is 55.5 Å². The van der Waals surface area contributed by atoms with E-state index >= 15 is 0 Å². The highest BCUT2D eigenvalue weighted by Crippen LogP contribution is 2.09. The van der Waals surface area contributed by atoms with Gasteiger partial charge in [0.25, 0.3) is 0 Å². The summed E-state index contributed by atoms with van der Waals surface area (Å²) in [6.45, 7) is 1.96. The van der Waals surface area contributed by atoms with Crippen LogP contribution >= 0.6 is 0 Å². The summed E-state index contributed by atoms with van der Waals surface area (Å²) in [5.74, 6) is 0.905. The molecule has 1 atom stereocenters. The third-order valence-corrected chi connectivity index (χ3v) is 2.82. The van der Waals surface area contributed by atoms with Gasteiger partial charge in [0.2, 0.25) is 0 Å². The largest absolute Gasteiger partial charge is 0.412 e. The number of rotatable bonds is 5. The number of carbonyl (C=O) groups excluding carboxylic acids is 2. The summed E-state index contributed by atoms with van der Waals surface area (Å²) in [5, 5.41) is 5.18. The number of nitrogens with one attached hydrogen (secondary N) is 2. The first kappa shape index (κ1) is 16.4. The summed E-state index contributed by atoms with van der Waals surface area (Å²) in [4.78, 5) is 23.3. The van der Waals surface area contributed by atoms with E-state index in [1.807, 2.05) is 12.1 Å². The molecule has 0 fully saturated rings. The Bertz CT molecular complexity index is 632. The second-order valence-corrected chi connectivity index (χ2v) is 4.83. The maximum absolute atomic E-state index is 11.7. The molecule has 1 unspecified atom stereocenters. The Morgan fingerprint density at radius 1 is 0.870 bits per heavy atom. The van der Waals surface area contributed by atoms with E-state index in [4.69, 9.17) is 9.47 Å². The number of amides is 2.